The summed E-state index contributed by atoms with van der Waals surface area (Å²) >= 11 is 0. The van der Waals surface area contributed by atoms with E-state index < -0.39 is 0 Å². The summed E-state index contributed by atoms with van der Waals surface area (Å²) in [4.78, 5) is 10.4. The van der Waals surface area contributed by atoms with Gasteiger partial charge in [-0.1, -0.05) is 0 Å². The molecule has 0 radical (unpaired) electrons. The lowest BCUT2D eigenvalue weighted by Gasteiger charge is -2.15. The van der Waals surface area contributed by atoms with Gasteiger partial charge in [-0.15, -0.1) is 0 Å². The summed E-state index contributed by atoms with van der Waals surface area (Å²) < 4.78 is 0. The predicted octanol–water partition coefficient (Wildman–Crippen LogP) is 0.157. The summed E-state index contributed by atoms with van der Waals surface area (Å²) in [6.07, 6.45) is 6.26. The minimum absolute atomic E-state index is 0.116. The molecule has 5 heteroatoms. The fourth-order valence-electron chi connectivity index (χ4n) is 1.44. The molecule has 16 heavy (non-hydrogen) atoms. The Hall–Kier alpha value is -1.20. The second-order valence-corrected chi connectivity index (χ2v) is 4.19. The first-order chi connectivity index (χ1) is 7.79. The molecule has 0 spiro atoms. The zero-order valence-corrected chi connectivity index (χ0v) is 9.56. The van der Waals surface area contributed by atoms with Crippen molar-refractivity contribution in [1.29, 1.82) is 0 Å². The summed E-state index contributed by atoms with van der Waals surface area (Å²) in [5.74, 6) is 0.657. The summed E-state index contributed by atoms with van der Waals surface area (Å²) in [7, 11) is 1.87. The average Bonchev–Trinajstić information content (AvgIpc) is 3.11. The number of nitrogens with zero attached hydrogens (tertiary/aromatic N) is 3. The van der Waals surface area contributed by atoms with Crippen molar-refractivity contribution in [2.24, 2.45) is 0 Å². The molecular weight excluding hydrogens is 204 g/mol. The molecule has 1 aromatic rings. The van der Waals surface area contributed by atoms with Crippen LogP contribution in [-0.4, -0.2) is 41.3 Å². The van der Waals surface area contributed by atoms with Crippen LogP contribution in [0.3, 0.4) is 0 Å². The van der Waals surface area contributed by atoms with E-state index >= 15 is 0 Å². The van der Waals surface area contributed by atoms with E-state index in [0.29, 0.717) is 18.5 Å². The van der Waals surface area contributed by atoms with Crippen LogP contribution in [0.4, 0.5) is 5.95 Å². The molecule has 1 aromatic heterocycles. The number of hydrogen-bond acceptors (Lipinski definition) is 5. The Kier molecular flexibility index (Phi) is 3.69. The second-order valence-electron chi connectivity index (χ2n) is 4.19. The fourth-order valence-corrected chi connectivity index (χ4v) is 1.44. The molecule has 2 rings (SSSR count). The van der Waals surface area contributed by atoms with Gasteiger partial charge >= 0.3 is 0 Å². The lowest BCUT2D eigenvalue weighted by molar-refractivity contribution is 0.303. The average molecular weight is 222 g/mol. The van der Waals surface area contributed by atoms with Crippen molar-refractivity contribution in [3.63, 3.8) is 0 Å². The van der Waals surface area contributed by atoms with Crippen LogP contribution in [-0.2, 0) is 6.54 Å². The third-order valence-electron chi connectivity index (χ3n) is 2.64. The Morgan fingerprint density at radius 1 is 1.44 bits per heavy atom. The maximum Gasteiger partial charge on any atom is 0.225 e. The lowest BCUT2D eigenvalue weighted by Crippen LogP contribution is -2.23. The molecule has 0 saturated heterocycles. The molecule has 5 nitrogen and oxygen atoms in total. The Bertz CT molecular complexity index is 323. The molecule has 1 heterocycles. The topological polar surface area (TPSA) is 61.3 Å². The molecule has 2 N–H and O–H groups in total. The molecule has 1 aliphatic rings. The van der Waals surface area contributed by atoms with Crippen molar-refractivity contribution >= 4 is 5.95 Å². The molecule has 88 valence electrons. The number of aliphatic hydroxyl groups excluding tert-OH is 1. The Labute approximate surface area is 95.5 Å². The number of anilines is 1. The number of likely N-dealkylation sites (N-methyl/N-ethyl adjacent to an activating group) is 1. The number of rotatable bonds is 6. The Balaban J connectivity index is 1.87. The van der Waals surface area contributed by atoms with E-state index in [-0.39, 0.29) is 6.61 Å². The normalized spacial score (nSPS) is 15.1. The molecule has 0 unspecified atom stereocenters. The monoisotopic (exact) mass is 222 g/mol. The van der Waals surface area contributed by atoms with Gasteiger partial charge in [-0.2, -0.15) is 0 Å². The lowest BCUT2D eigenvalue weighted by atomic mass is 10.3. The van der Waals surface area contributed by atoms with Gasteiger partial charge in [0.2, 0.25) is 5.95 Å². The van der Waals surface area contributed by atoms with Crippen LogP contribution in [0.15, 0.2) is 12.4 Å². The van der Waals surface area contributed by atoms with Gasteiger partial charge in [0.05, 0.1) is 6.61 Å². The fraction of sp³-hybridized carbons (Fsp3) is 0.636. The maximum atomic E-state index is 8.80. The quantitative estimate of drug-likeness (QED) is 0.718. The summed E-state index contributed by atoms with van der Waals surface area (Å²) in [6.45, 7) is 1.51. The van der Waals surface area contributed by atoms with Crippen LogP contribution in [0, 0.1) is 0 Å². The first-order valence-corrected chi connectivity index (χ1v) is 5.66. The largest absolute Gasteiger partial charge is 0.395 e. The summed E-state index contributed by atoms with van der Waals surface area (Å²) in [6, 6.07) is 0.705. The minimum Gasteiger partial charge on any atom is -0.395 e. The molecule has 1 fully saturated rings. The van der Waals surface area contributed by atoms with Crippen molar-refractivity contribution in [1.82, 2.24) is 15.3 Å². The van der Waals surface area contributed by atoms with Gasteiger partial charge in [-0.05, 0) is 12.8 Å². The highest BCUT2D eigenvalue weighted by Gasteiger charge is 2.19. The molecular formula is C11H18N4O. The van der Waals surface area contributed by atoms with Gasteiger partial charge in [0.15, 0.2) is 0 Å². The first-order valence-electron chi connectivity index (χ1n) is 5.66. The predicted molar refractivity (Wildman–Crippen MR) is 62.2 cm³/mol. The molecule has 1 aliphatic carbocycles. The van der Waals surface area contributed by atoms with Gasteiger partial charge in [0.1, 0.15) is 0 Å². The van der Waals surface area contributed by atoms with Gasteiger partial charge in [0.25, 0.3) is 0 Å². The molecule has 0 aliphatic heterocycles. The van der Waals surface area contributed by atoms with Crippen LogP contribution in [0.1, 0.15) is 18.4 Å². The maximum absolute atomic E-state index is 8.80. The van der Waals surface area contributed by atoms with Gasteiger partial charge in [-0.25, -0.2) is 9.97 Å². The number of hydrogen-bond donors (Lipinski definition) is 2. The van der Waals surface area contributed by atoms with E-state index in [4.69, 9.17) is 5.11 Å². The summed E-state index contributed by atoms with van der Waals surface area (Å²) in [5, 5.41) is 12.2. The van der Waals surface area contributed by atoms with Crippen LogP contribution in [0.2, 0.25) is 0 Å². The van der Waals surface area contributed by atoms with Gasteiger partial charge in [0, 0.05) is 44.1 Å². The Morgan fingerprint density at radius 3 is 2.69 bits per heavy atom. The summed E-state index contributed by atoms with van der Waals surface area (Å²) in [5.41, 5.74) is 1.10. The minimum atomic E-state index is 0.116. The van der Waals surface area contributed by atoms with Crippen molar-refractivity contribution in [3.8, 4) is 0 Å². The van der Waals surface area contributed by atoms with Crippen LogP contribution in [0.25, 0.3) is 0 Å². The van der Waals surface area contributed by atoms with Crippen LogP contribution >= 0.6 is 0 Å². The standard InChI is InChI=1S/C11H18N4O/c1-15(4-5-16)11-13-7-9(8-14-11)6-12-10-2-3-10/h7-8,10,12,16H,2-6H2,1H3. The molecule has 0 amide bonds. The molecule has 0 aromatic carbocycles. The van der Waals surface area contributed by atoms with Crippen molar-refractivity contribution in [2.45, 2.75) is 25.4 Å². The highest BCUT2D eigenvalue weighted by atomic mass is 16.3. The van der Waals surface area contributed by atoms with Crippen molar-refractivity contribution in [2.75, 3.05) is 25.1 Å². The van der Waals surface area contributed by atoms with Gasteiger partial charge < -0.3 is 15.3 Å². The Morgan fingerprint density at radius 2 is 2.12 bits per heavy atom. The highest BCUT2D eigenvalue weighted by Crippen LogP contribution is 2.19. The smallest absolute Gasteiger partial charge is 0.225 e. The first kappa shape index (κ1) is 11.3. The zero-order chi connectivity index (χ0) is 11.4. The van der Waals surface area contributed by atoms with Crippen LogP contribution in [0.5, 0.6) is 0 Å². The van der Waals surface area contributed by atoms with E-state index in [9.17, 15) is 0 Å². The SMILES string of the molecule is CN(CCO)c1ncc(CNC2CC2)cn1. The highest BCUT2D eigenvalue weighted by molar-refractivity contribution is 5.28. The third kappa shape index (κ3) is 3.15. The number of nitrogens with one attached hydrogen (secondary N) is 1. The van der Waals surface area contributed by atoms with Crippen molar-refractivity contribution in [3.05, 3.63) is 18.0 Å². The van der Waals surface area contributed by atoms with Crippen molar-refractivity contribution < 1.29 is 5.11 Å². The van der Waals surface area contributed by atoms with E-state index in [1.165, 1.54) is 12.8 Å². The molecule has 0 atom stereocenters. The van der Waals surface area contributed by atoms with E-state index in [1.54, 1.807) is 0 Å². The van der Waals surface area contributed by atoms with Gasteiger partial charge in [-0.3, -0.25) is 0 Å². The molecule has 1 saturated carbocycles. The zero-order valence-electron chi connectivity index (χ0n) is 9.56. The number of aromatic nitrogens is 2. The molecule has 0 bridgehead atoms. The number of aliphatic hydroxyl groups is 1. The van der Waals surface area contributed by atoms with Crippen LogP contribution < -0.4 is 10.2 Å². The van der Waals surface area contributed by atoms with E-state index in [2.05, 4.69) is 15.3 Å². The third-order valence-corrected chi connectivity index (χ3v) is 2.64. The second kappa shape index (κ2) is 5.23. The van der Waals surface area contributed by atoms with E-state index in [1.807, 2.05) is 24.3 Å². The van der Waals surface area contributed by atoms with E-state index in [0.717, 1.165) is 12.1 Å².